The molecule has 1 aromatic heterocycles. The van der Waals surface area contributed by atoms with Crippen LogP contribution in [-0.2, 0) is 11.3 Å². The van der Waals surface area contributed by atoms with Gasteiger partial charge in [0.2, 0.25) is 0 Å². The molecule has 17 heavy (non-hydrogen) atoms. The van der Waals surface area contributed by atoms with Crippen molar-refractivity contribution in [3.8, 4) is 0 Å². The van der Waals surface area contributed by atoms with Gasteiger partial charge in [0.25, 0.3) is 0 Å². The van der Waals surface area contributed by atoms with Gasteiger partial charge >= 0.3 is 0 Å². The SMILES string of the molecule is CN(Cc1ccco1)C(CN)C1CCCOC1. The zero-order valence-electron chi connectivity index (χ0n) is 10.5. The fraction of sp³-hybridized carbons (Fsp3) is 0.692. The summed E-state index contributed by atoms with van der Waals surface area (Å²) in [5.74, 6) is 1.54. The van der Waals surface area contributed by atoms with Gasteiger partial charge in [-0.1, -0.05) is 0 Å². The van der Waals surface area contributed by atoms with Gasteiger partial charge in [0.15, 0.2) is 0 Å². The Hall–Kier alpha value is -0.840. The summed E-state index contributed by atoms with van der Waals surface area (Å²) in [4.78, 5) is 2.28. The summed E-state index contributed by atoms with van der Waals surface area (Å²) in [6, 6.07) is 4.30. The molecule has 2 heterocycles. The fourth-order valence-corrected chi connectivity index (χ4v) is 2.57. The van der Waals surface area contributed by atoms with Gasteiger partial charge in [0.05, 0.1) is 19.4 Å². The lowest BCUT2D eigenvalue weighted by Gasteiger charge is -2.35. The van der Waals surface area contributed by atoms with Crippen molar-refractivity contribution < 1.29 is 9.15 Å². The largest absolute Gasteiger partial charge is 0.468 e. The number of hydrogen-bond donors (Lipinski definition) is 1. The minimum absolute atomic E-state index is 0.375. The van der Waals surface area contributed by atoms with Crippen LogP contribution in [0.15, 0.2) is 22.8 Å². The number of furan rings is 1. The van der Waals surface area contributed by atoms with Gasteiger partial charge in [-0.15, -0.1) is 0 Å². The average Bonchev–Trinajstić information content (AvgIpc) is 2.84. The van der Waals surface area contributed by atoms with Crippen LogP contribution in [0.2, 0.25) is 0 Å². The Labute approximate surface area is 103 Å². The highest BCUT2D eigenvalue weighted by Crippen LogP contribution is 2.21. The quantitative estimate of drug-likeness (QED) is 0.844. The van der Waals surface area contributed by atoms with Crippen molar-refractivity contribution in [2.75, 3.05) is 26.8 Å². The predicted octanol–water partition coefficient (Wildman–Crippen LogP) is 1.47. The van der Waals surface area contributed by atoms with E-state index in [1.165, 1.54) is 6.42 Å². The van der Waals surface area contributed by atoms with Crippen molar-refractivity contribution in [1.82, 2.24) is 4.90 Å². The molecule has 2 N–H and O–H groups in total. The number of nitrogens with two attached hydrogens (primary N) is 1. The summed E-state index contributed by atoms with van der Waals surface area (Å²) >= 11 is 0. The van der Waals surface area contributed by atoms with E-state index in [1.807, 2.05) is 12.1 Å². The Morgan fingerprint density at radius 3 is 3.06 bits per heavy atom. The van der Waals surface area contributed by atoms with Gasteiger partial charge < -0.3 is 14.9 Å². The third-order valence-corrected chi connectivity index (χ3v) is 3.53. The van der Waals surface area contributed by atoms with Gasteiger partial charge in [0.1, 0.15) is 5.76 Å². The smallest absolute Gasteiger partial charge is 0.117 e. The second-order valence-corrected chi connectivity index (χ2v) is 4.77. The van der Waals surface area contributed by atoms with E-state index in [9.17, 15) is 0 Å². The predicted molar refractivity (Wildman–Crippen MR) is 66.6 cm³/mol. The molecule has 0 aliphatic carbocycles. The van der Waals surface area contributed by atoms with Crippen LogP contribution >= 0.6 is 0 Å². The first-order valence-corrected chi connectivity index (χ1v) is 6.31. The first-order chi connectivity index (χ1) is 8.31. The van der Waals surface area contributed by atoms with E-state index >= 15 is 0 Å². The topological polar surface area (TPSA) is 51.6 Å². The van der Waals surface area contributed by atoms with E-state index < -0.39 is 0 Å². The molecule has 1 saturated heterocycles. The minimum Gasteiger partial charge on any atom is -0.468 e. The number of rotatable bonds is 5. The van der Waals surface area contributed by atoms with Crippen molar-refractivity contribution in [3.63, 3.8) is 0 Å². The van der Waals surface area contributed by atoms with Crippen LogP contribution in [0.5, 0.6) is 0 Å². The van der Waals surface area contributed by atoms with Crippen LogP contribution in [-0.4, -0.2) is 37.7 Å². The van der Waals surface area contributed by atoms with E-state index in [0.717, 1.165) is 31.9 Å². The Morgan fingerprint density at radius 2 is 2.47 bits per heavy atom. The first kappa shape index (κ1) is 12.6. The van der Waals surface area contributed by atoms with E-state index in [0.29, 0.717) is 18.5 Å². The monoisotopic (exact) mass is 238 g/mol. The second-order valence-electron chi connectivity index (χ2n) is 4.77. The molecule has 0 radical (unpaired) electrons. The molecule has 0 aromatic carbocycles. The van der Waals surface area contributed by atoms with Gasteiger partial charge in [-0.05, 0) is 37.9 Å². The molecule has 1 fully saturated rings. The van der Waals surface area contributed by atoms with Crippen molar-refractivity contribution >= 4 is 0 Å². The van der Waals surface area contributed by atoms with E-state index in [1.54, 1.807) is 6.26 Å². The summed E-state index contributed by atoms with van der Waals surface area (Å²) in [5.41, 5.74) is 5.91. The van der Waals surface area contributed by atoms with Crippen LogP contribution in [0.1, 0.15) is 18.6 Å². The van der Waals surface area contributed by atoms with Crippen LogP contribution in [0, 0.1) is 5.92 Å². The molecule has 1 aliphatic heterocycles. The Morgan fingerprint density at radius 1 is 1.59 bits per heavy atom. The Balaban J connectivity index is 1.92. The maximum atomic E-state index is 5.91. The van der Waals surface area contributed by atoms with Crippen molar-refractivity contribution in [1.29, 1.82) is 0 Å². The number of nitrogens with zero attached hydrogens (tertiary/aromatic N) is 1. The minimum atomic E-state index is 0.375. The lowest BCUT2D eigenvalue weighted by Crippen LogP contribution is -2.45. The zero-order chi connectivity index (χ0) is 12.1. The van der Waals surface area contributed by atoms with Crippen molar-refractivity contribution in [2.24, 2.45) is 11.7 Å². The molecule has 2 atom stereocenters. The lowest BCUT2D eigenvalue weighted by molar-refractivity contribution is 0.0143. The molecular weight excluding hydrogens is 216 g/mol. The van der Waals surface area contributed by atoms with Crippen LogP contribution in [0.25, 0.3) is 0 Å². The third kappa shape index (κ3) is 3.31. The van der Waals surface area contributed by atoms with Crippen LogP contribution in [0.3, 0.4) is 0 Å². The Bertz CT molecular complexity index is 307. The standard InChI is InChI=1S/C13H22N2O2/c1-15(9-12-5-3-7-17-12)13(8-14)11-4-2-6-16-10-11/h3,5,7,11,13H,2,4,6,8-10,14H2,1H3. The highest BCUT2D eigenvalue weighted by molar-refractivity contribution is 4.98. The average molecular weight is 238 g/mol. The molecule has 0 spiro atoms. The second kappa shape index (κ2) is 6.19. The highest BCUT2D eigenvalue weighted by atomic mass is 16.5. The number of hydrogen-bond acceptors (Lipinski definition) is 4. The summed E-state index contributed by atoms with van der Waals surface area (Å²) < 4.78 is 10.9. The molecule has 0 bridgehead atoms. The molecule has 96 valence electrons. The first-order valence-electron chi connectivity index (χ1n) is 6.31. The normalized spacial score (nSPS) is 22.9. The van der Waals surface area contributed by atoms with Crippen molar-refractivity contribution in [2.45, 2.75) is 25.4 Å². The summed E-state index contributed by atoms with van der Waals surface area (Å²) in [5, 5.41) is 0. The molecular formula is C13H22N2O2. The fourth-order valence-electron chi connectivity index (χ4n) is 2.57. The van der Waals surface area contributed by atoms with Gasteiger partial charge in [0, 0.05) is 19.2 Å². The summed E-state index contributed by atoms with van der Waals surface area (Å²) in [7, 11) is 2.11. The summed E-state index contributed by atoms with van der Waals surface area (Å²) in [6.07, 6.45) is 4.07. The Kier molecular flexibility index (Phi) is 4.59. The van der Waals surface area contributed by atoms with Crippen LogP contribution in [0.4, 0.5) is 0 Å². The highest BCUT2D eigenvalue weighted by Gasteiger charge is 2.26. The zero-order valence-corrected chi connectivity index (χ0v) is 10.5. The van der Waals surface area contributed by atoms with Gasteiger partial charge in [-0.3, -0.25) is 4.90 Å². The van der Waals surface area contributed by atoms with Gasteiger partial charge in [-0.25, -0.2) is 0 Å². The molecule has 0 amide bonds. The summed E-state index contributed by atoms with van der Waals surface area (Å²) in [6.45, 7) is 3.22. The maximum Gasteiger partial charge on any atom is 0.117 e. The lowest BCUT2D eigenvalue weighted by atomic mass is 9.92. The molecule has 0 saturated carbocycles. The molecule has 2 rings (SSSR count). The molecule has 1 aliphatic rings. The molecule has 1 aromatic rings. The van der Waals surface area contributed by atoms with Gasteiger partial charge in [-0.2, -0.15) is 0 Å². The third-order valence-electron chi connectivity index (χ3n) is 3.53. The number of likely N-dealkylation sites (N-methyl/N-ethyl adjacent to an activating group) is 1. The maximum absolute atomic E-state index is 5.91. The molecule has 4 heteroatoms. The van der Waals surface area contributed by atoms with E-state index in [-0.39, 0.29) is 0 Å². The van der Waals surface area contributed by atoms with E-state index in [2.05, 4.69) is 11.9 Å². The number of ether oxygens (including phenoxy) is 1. The van der Waals surface area contributed by atoms with Crippen molar-refractivity contribution in [3.05, 3.63) is 24.2 Å². The van der Waals surface area contributed by atoms with Crippen LogP contribution < -0.4 is 5.73 Å². The molecule has 2 unspecified atom stereocenters. The van der Waals surface area contributed by atoms with E-state index in [4.69, 9.17) is 14.9 Å². The molecule has 4 nitrogen and oxygen atoms in total.